The van der Waals surface area contributed by atoms with Gasteiger partial charge < -0.3 is 0 Å². The van der Waals surface area contributed by atoms with Gasteiger partial charge in [-0.05, 0) is 27.6 Å². The van der Waals surface area contributed by atoms with Crippen LogP contribution in [-0.2, 0) is 7.05 Å². The smallest absolute Gasteiger partial charge is 0.0905 e. The largest absolute Gasteiger partial charge is 0.271 e. The lowest BCUT2D eigenvalue weighted by Crippen LogP contribution is -2.30. The molecule has 2 aromatic rings. The predicted molar refractivity (Wildman–Crippen MR) is 69.3 cm³/mol. The molecule has 0 fully saturated rings. The second-order valence-electron chi connectivity index (χ2n) is 3.50. The van der Waals surface area contributed by atoms with Gasteiger partial charge in [0.25, 0.3) is 0 Å². The predicted octanol–water partition coefficient (Wildman–Crippen LogP) is 1.78. The monoisotopic (exact) mass is 315 g/mol. The Bertz CT molecular complexity index is 508. The van der Waals surface area contributed by atoms with Gasteiger partial charge in [0.05, 0.1) is 27.4 Å². The number of hydrogen-bond donors (Lipinski definition) is 2. The highest BCUT2D eigenvalue weighted by molar-refractivity contribution is 9.10. The summed E-state index contributed by atoms with van der Waals surface area (Å²) in [5.74, 6) is 5.61. The van der Waals surface area contributed by atoms with E-state index in [9.17, 15) is 0 Å². The van der Waals surface area contributed by atoms with Crippen molar-refractivity contribution in [2.75, 3.05) is 0 Å². The molecule has 17 heavy (non-hydrogen) atoms. The molecule has 0 saturated carbocycles. The van der Waals surface area contributed by atoms with E-state index in [-0.39, 0.29) is 6.04 Å². The zero-order chi connectivity index (χ0) is 12.4. The Morgan fingerprint density at radius 1 is 1.53 bits per heavy atom. The van der Waals surface area contributed by atoms with Gasteiger partial charge in [0.15, 0.2) is 0 Å². The fraction of sp³-hybridized carbons (Fsp3) is 0.200. The molecule has 0 radical (unpaired) electrons. The number of pyridine rings is 1. The first-order valence-electron chi connectivity index (χ1n) is 4.88. The molecule has 2 heterocycles. The van der Waals surface area contributed by atoms with Crippen LogP contribution in [0.1, 0.15) is 17.3 Å². The van der Waals surface area contributed by atoms with Gasteiger partial charge in [-0.1, -0.05) is 11.6 Å². The van der Waals surface area contributed by atoms with Crippen LogP contribution in [0.3, 0.4) is 0 Å². The minimum absolute atomic E-state index is 0.243. The molecule has 0 spiro atoms. The first-order chi connectivity index (χ1) is 8.15. The number of nitrogens with zero attached hydrogens (tertiary/aromatic N) is 3. The third-order valence-electron chi connectivity index (χ3n) is 2.49. The summed E-state index contributed by atoms with van der Waals surface area (Å²) < 4.78 is 2.61. The molecule has 0 bridgehead atoms. The Balaban J connectivity index is 2.52. The van der Waals surface area contributed by atoms with E-state index in [4.69, 9.17) is 17.4 Å². The lowest BCUT2D eigenvalue weighted by Gasteiger charge is -2.18. The first kappa shape index (κ1) is 12.5. The van der Waals surface area contributed by atoms with Crippen LogP contribution in [0.15, 0.2) is 29.1 Å². The van der Waals surface area contributed by atoms with Gasteiger partial charge in [-0.15, -0.1) is 0 Å². The Kier molecular flexibility index (Phi) is 3.78. The maximum atomic E-state index is 6.12. The molecule has 2 rings (SSSR count). The molecule has 1 atom stereocenters. The summed E-state index contributed by atoms with van der Waals surface area (Å²) in [6.45, 7) is 0. The van der Waals surface area contributed by atoms with E-state index < -0.39 is 0 Å². The standard InChI is InChI=1S/C10H11BrClN5/c1-17-10(7(11)4-15-17)9(16-13)6-2-3-14-5-8(6)12/h2-5,9,16H,13H2,1H3. The summed E-state index contributed by atoms with van der Waals surface area (Å²) in [7, 11) is 1.85. The summed E-state index contributed by atoms with van der Waals surface area (Å²) >= 11 is 9.56. The normalized spacial score (nSPS) is 12.7. The van der Waals surface area contributed by atoms with E-state index in [1.165, 1.54) is 0 Å². The SMILES string of the molecule is Cn1ncc(Br)c1C(NN)c1ccncc1Cl. The maximum Gasteiger partial charge on any atom is 0.0905 e. The van der Waals surface area contributed by atoms with Crippen molar-refractivity contribution in [1.29, 1.82) is 0 Å². The van der Waals surface area contributed by atoms with Crippen LogP contribution in [0.4, 0.5) is 0 Å². The minimum atomic E-state index is -0.243. The number of nitrogens with two attached hydrogens (primary N) is 1. The van der Waals surface area contributed by atoms with Crippen molar-refractivity contribution in [3.8, 4) is 0 Å². The number of halogens is 2. The molecule has 0 aliphatic rings. The summed E-state index contributed by atoms with van der Waals surface area (Å²) in [6.07, 6.45) is 4.98. The summed E-state index contributed by atoms with van der Waals surface area (Å²) in [5, 5.41) is 4.71. The van der Waals surface area contributed by atoms with E-state index in [0.29, 0.717) is 5.02 Å². The van der Waals surface area contributed by atoms with Crippen LogP contribution in [0, 0.1) is 0 Å². The third-order valence-corrected chi connectivity index (χ3v) is 3.42. The molecule has 0 amide bonds. The molecule has 90 valence electrons. The highest BCUT2D eigenvalue weighted by Crippen LogP contribution is 2.30. The van der Waals surface area contributed by atoms with E-state index in [1.807, 2.05) is 13.1 Å². The number of aryl methyl sites for hydroxylation is 1. The summed E-state index contributed by atoms with van der Waals surface area (Å²) in [6, 6.07) is 1.58. The molecule has 0 aliphatic carbocycles. The van der Waals surface area contributed by atoms with E-state index in [2.05, 4.69) is 31.4 Å². The van der Waals surface area contributed by atoms with Crippen LogP contribution >= 0.6 is 27.5 Å². The second-order valence-corrected chi connectivity index (χ2v) is 4.76. The molecule has 3 N–H and O–H groups in total. The number of hydrazine groups is 1. The van der Waals surface area contributed by atoms with Gasteiger partial charge >= 0.3 is 0 Å². The van der Waals surface area contributed by atoms with Gasteiger partial charge in [-0.3, -0.25) is 15.5 Å². The van der Waals surface area contributed by atoms with Crippen molar-refractivity contribution >= 4 is 27.5 Å². The average molecular weight is 317 g/mol. The Labute approximate surface area is 112 Å². The van der Waals surface area contributed by atoms with E-state index >= 15 is 0 Å². The lowest BCUT2D eigenvalue weighted by molar-refractivity contribution is 0.573. The van der Waals surface area contributed by atoms with E-state index in [1.54, 1.807) is 23.3 Å². The maximum absolute atomic E-state index is 6.12. The Morgan fingerprint density at radius 2 is 2.29 bits per heavy atom. The van der Waals surface area contributed by atoms with Crippen molar-refractivity contribution < 1.29 is 0 Å². The highest BCUT2D eigenvalue weighted by atomic mass is 79.9. The molecule has 2 aromatic heterocycles. The summed E-state index contributed by atoms with van der Waals surface area (Å²) in [4.78, 5) is 3.95. The van der Waals surface area contributed by atoms with Gasteiger partial charge in [0, 0.05) is 19.4 Å². The van der Waals surface area contributed by atoms with Gasteiger partial charge in [0.2, 0.25) is 0 Å². The third kappa shape index (κ3) is 2.35. The molecule has 1 unspecified atom stereocenters. The van der Waals surface area contributed by atoms with Crippen LogP contribution in [-0.4, -0.2) is 14.8 Å². The van der Waals surface area contributed by atoms with Crippen LogP contribution < -0.4 is 11.3 Å². The van der Waals surface area contributed by atoms with Crippen molar-refractivity contribution in [3.05, 3.63) is 45.4 Å². The fourth-order valence-electron chi connectivity index (χ4n) is 1.68. The van der Waals surface area contributed by atoms with Gasteiger partial charge in [-0.25, -0.2) is 5.43 Å². The quantitative estimate of drug-likeness (QED) is 0.669. The van der Waals surface area contributed by atoms with Gasteiger partial charge in [0.1, 0.15) is 0 Å². The highest BCUT2D eigenvalue weighted by Gasteiger charge is 2.21. The van der Waals surface area contributed by atoms with Gasteiger partial charge in [-0.2, -0.15) is 5.10 Å². The fourth-order valence-corrected chi connectivity index (χ4v) is 2.49. The molecule has 0 aliphatic heterocycles. The van der Waals surface area contributed by atoms with Crippen molar-refractivity contribution in [1.82, 2.24) is 20.2 Å². The number of rotatable bonds is 3. The zero-order valence-corrected chi connectivity index (χ0v) is 11.4. The minimum Gasteiger partial charge on any atom is -0.271 e. The van der Waals surface area contributed by atoms with Crippen LogP contribution in [0.2, 0.25) is 5.02 Å². The Hall–Kier alpha value is -0.950. The van der Waals surface area contributed by atoms with Crippen molar-refractivity contribution in [3.63, 3.8) is 0 Å². The average Bonchev–Trinajstić information content (AvgIpc) is 2.64. The number of nitrogens with one attached hydrogen (secondary N) is 1. The first-order valence-corrected chi connectivity index (χ1v) is 6.05. The van der Waals surface area contributed by atoms with Crippen molar-refractivity contribution in [2.45, 2.75) is 6.04 Å². The molecule has 5 nitrogen and oxygen atoms in total. The van der Waals surface area contributed by atoms with Crippen molar-refractivity contribution in [2.24, 2.45) is 12.9 Å². The molecule has 7 heteroatoms. The van der Waals surface area contributed by atoms with Crippen LogP contribution in [0.25, 0.3) is 0 Å². The number of hydrogen-bond acceptors (Lipinski definition) is 4. The molecular formula is C10H11BrClN5. The Morgan fingerprint density at radius 3 is 2.82 bits per heavy atom. The lowest BCUT2D eigenvalue weighted by atomic mass is 10.1. The van der Waals surface area contributed by atoms with Crippen LogP contribution in [0.5, 0.6) is 0 Å². The topological polar surface area (TPSA) is 68.8 Å². The summed E-state index contributed by atoms with van der Waals surface area (Å²) in [5.41, 5.74) is 4.50. The molecule has 0 saturated heterocycles. The zero-order valence-electron chi connectivity index (χ0n) is 9.06. The molecular weight excluding hydrogens is 306 g/mol. The molecule has 0 aromatic carbocycles. The van der Waals surface area contributed by atoms with E-state index in [0.717, 1.165) is 15.7 Å². The second kappa shape index (κ2) is 5.14. The number of aromatic nitrogens is 3.